The van der Waals surface area contributed by atoms with Crippen LogP contribution >= 0.6 is 0 Å². The van der Waals surface area contributed by atoms with Crippen LogP contribution in [-0.2, 0) is 19.9 Å². The molecule has 0 N–H and O–H groups in total. The maximum absolute atomic E-state index is 10.2. The van der Waals surface area contributed by atoms with E-state index < -0.39 is 10.4 Å². The van der Waals surface area contributed by atoms with E-state index in [0.29, 0.717) is 35.2 Å². The molecular formula is C11H15NaO4SSe2. The molecule has 0 aliphatic carbocycles. The van der Waals surface area contributed by atoms with Crippen LogP contribution in [-0.4, -0.2) is 49.5 Å². The molecule has 0 aromatic heterocycles. The fourth-order valence-corrected chi connectivity index (χ4v) is 6.82. The van der Waals surface area contributed by atoms with Crippen LogP contribution in [0.3, 0.4) is 0 Å². The predicted molar refractivity (Wildman–Crippen MR) is 71.7 cm³/mol. The Bertz CT molecular complexity index is 428. The molecule has 0 aliphatic heterocycles. The first kappa shape index (κ1) is 20.1. The maximum Gasteiger partial charge on any atom is 1.00 e. The first-order valence-corrected chi connectivity index (χ1v) is 11.6. The van der Waals surface area contributed by atoms with Gasteiger partial charge in [-0.15, -0.1) is 0 Å². The summed E-state index contributed by atoms with van der Waals surface area (Å²) in [6.45, 7) is 0.0392. The Morgan fingerprint density at radius 3 is 2.32 bits per heavy atom. The summed E-state index contributed by atoms with van der Waals surface area (Å²) in [6, 6.07) is 10.4. The van der Waals surface area contributed by atoms with Crippen LogP contribution < -0.4 is 29.6 Å². The Morgan fingerprint density at radius 2 is 1.68 bits per heavy atom. The van der Waals surface area contributed by atoms with Gasteiger partial charge in [-0.05, 0) is 0 Å². The van der Waals surface area contributed by atoms with Crippen LogP contribution in [0.25, 0.3) is 0 Å². The first-order valence-electron chi connectivity index (χ1n) is 5.37. The summed E-state index contributed by atoms with van der Waals surface area (Å²) >= 11 is 0.984. The summed E-state index contributed by atoms with van der Waals surface area (Å²) in [4.78, 5) is 0. The van der Waals surface area contributed by atoms with Gasteiger partial charge >= 0.3 is 151 Å². The largest absolute Gasteiger partial charge is 1.00 e. The van der Waals surface area contributed by atoms with Crippen LogP contribution in [0.5, 0.6) is 0 Å². The normalized spacial score (nSPS) is 11.0. The second-order valence-corrected chi connectivity index (χ2v) is 9.32. The van der Waals surface area contributed by atoms with E-state index in [1.54, 1.807) is 0 Å². The minimum Gasteiger partial charge on any atom is 1.00 e. The van der Waals surface area contributed by atoms with E-state index in [1.165, 1.54) is 10.9 Å². The third-order valence-electron chi connectivity index (χ3n) is 1.94. The van der Waals surface area contributed by atoms with Crippen molar-refractivity contribution in [1.82, 2.24) is 0 Å². The average molecular weight is 424 g/mol. The summed E-state index contributed by atoms with van der Waals surface area (Å²) in [7, 11) is -4.49. The fourth-order valence-electron chi connectivity index (χ4n) is 1.18. The Balaban J connectivity index is 0.00000324. The standard InChI is InChI=1S/C11H16O4SSe2.Na/c12-16(13,14)15-6-7-17-8-9-18-10-11-4-2-1-3-5-11;/h1-5H,6-10H2,(H,12,13,14);/q;+1/p-1. The molecule has 0 saturated carbocycles. The molecule has 0 aliphatic rings. The molecule has 0 amide bonds. The van der Waals surface area contributed by atoms with Crippen molar-refractivity contribution in [2.45, 2.75) is 21.3 Å². The molecule has 0 atom stereocenters. The van der Waals surface area contributed by atoms with Crippen molar-refractivity contribution in [3.63, 3.8) is 0 Å². The molecule has 0 bridgehead atoms. The Kier molecular flexibility index (Phi) is 12.5. The molecule has 8 heteroatoms. The molecule has 1 rings (SSSR count). The van der Waals surface area contributed by atoms with Gasteiger partial charge in [-0.2, -0.15) is 0 Å². The van der Waals surface area contributed by atoms with Gasteiger partial charge in [-0.25, -0.2) is 0 Å². The van der Waals surface area contributed by atoms with Crippen molar-refractivity contribution in [3.05, 3.63) is 35.9 Å². The first-order chi connectivity index (χ1) is 8.58. The Labute approximate surface area is 149 Å². The van der Waals surface area contributed by atoms with Crippen LogP contribution in [0.2, 0.25) is 16.0 Å². The van der Waals surface area contributed by atoms with Crippen molar-refractivity contribution < 1.29 is 46.7 Å². The Morgan fingerprint density at radius 1 is 1.05 bits per heavy atom. The van der Waals surface area contributed by atoms with Crippen LogP contribution in [0, 0.1) is 0 Å². The molecule has 1 aromatic rings. The van der Waals surface area contributed by atoms with Crippen molar-refractivity contribution in [3.8, 4) is 0 Å². The van der Waals surface area contributed by atoms with Crippen molar-refractivity contribution in [2.75, 3.05) is 6.61 Å². The van der Waals surface area contributed by atoms with Gasteiger partial charge in [0.15, 0.2) is 0 Å². The van der Waals surface area contributed by atoms with Gasteiger partial charge in [0.25, 0.3) is 0 Å². The zero-order chi connectivity index (χ0) is 13.3. The number of hydrogen-bond acceptors (Lipinski definition) is 4. The predicted octanol–water partition coefficient (Wildman–Crippen LogP) is -1.67. The summed E-state index contributed by atoms with van der Waals surface area (Å²) in [5.41, 5.74) is 1.38. The van der Waals surface area contributed by atoms with Crippen molar-refractivity contribution in [2.24, 2.45) is 0 Å². The number of hydrogen-bond donors (Lipinski definition) is 0. The van der Waals surface area contributed by atoms with Crippen molar-refractivity contribution >= 4 is 40.3 Å². The number of rotatable bonds is 9. The van der Waals surface area contributed by atoms with Crippen LogP contribution in [0.1, 0.15) is 5.56 Å². The van der Waals surface area contributed by atoms with E-state index >= 15 is 0 Å². The van der Waals surface area contributed by atoms with E-state index in [-0.39, 0.29) is 36.2 Å². The average Bonchev–Trinajstić information content (AvgIpc) is 2.32. The molecular weight excluding hydrogens is 409 g/mol. The van der Waals surface area contributed by atoms with E-state index in [0.717, 1.165) is 10.6 Å². The van der Waals surface area contributed by atoms with E-state index in [4.69, 9.17) is 0 Å². The fraction of sp³-hybridized carbons (Fsp3) is 0.455. The van der Waals surface area contributed by atoms with Gasteiger partial charge in [0, 0.05) is 0 Å². The van der Waals surface area contributed by atoms with E-state index in [9.17, 15) is 13.0 Å². The molecule has 0 saturated heterocycles. The molecule has 19 heavy (non-hydrogen) atoms. The summed E-state index contributed by atoms with van der Waals surface area (Å²) < 4.78 is 34.6. The SMILES string of the molecule is O=S(=O)([O-])OCC[Se]CC[Se]Cc1ccccc1.[Na+]. The van der Waals surface area contributed by atoms with Gasteiger partial charge in [-0.1, -0.05) is 0 Å². The van der Waals surface area contributed by atoms with Gasteiger partial charge in [0.1, 0.15) is 0 Å². The van der Waals surface area contributed by atoms with Gasteiger partial charge < -0.3 is 0 Å². The van der Waals surface area contributed by atoms with Crippen LogP contribution in [0.4, 0.5) is 0 Å². The summed E-state index contributed by atoms with van der Waals surface area (Å²) in [5, 5.41) is 4.17. The minimum atomic E-state index is -4.49. The zero-order valence-electron chi connectivity index (χ0n) is 10.8. The molecule has 0 fully saturated rings. The molecule has 0 radical (unpaired) electrons. The van der Waals surface area contributed by atoms with E-state index in [2.05, 4.69) is 28.4 Å². The van der Waals surface area contributed by atoms with Gasteiger partial charge in [0.2, 0.25) is 0 Å². The van der Waals surface area contributed by atoms with Crippen molar-refractivity contribution in [1.29, 1.82) is 0 Å². The minimum absolute atomic E-state index is 0. The summed E-state index contributed by atoms with van der Waals surface area (Å²) in [6.07, 6.45) is 0. The quantitative estimate of drug-likeness (QED) is 0.206. The summed E-state index contributed by atoms with van der Waals surface area (Å²) in [5.74, 6) is 0. The third kappa shape index (κ3) is 12.6. The second-order valence-electron chi connectivity index (χ2n) is 3.38. The van der Waals surface area contributed by atoms with Gasteiger partial charge in [-0.3, -0.25) is 0 Å². The van der Waals surface area contributed by atoms with Gasteiger partial charge in [0.05, 0.1) is 0 Å². The van der Waals surface area contributed by atoms with E-state index in [1.807, 2.05) is 6.07 Å². The molecule has 1 aromatic carbocycles. The third-order valence-corrected chi connectivity index (χ3v) is 7.86. The Hall–Kier alpha value is 1.13. The molecule has 0 unspecified atom stereocenters. The smallest absolute Gasteiger partial charge is 1.00 e. The van der Waals surface area contributed by atoms with Crippen LogP contribution in [0.15, 0.2) is 30.3 Å². The molecule has 0 heterocycles. The number of benzene rings is 1. The monoisotopic (exact) mass is 426 g/mol. The maximum atomic E-state index is 10.2. The molecule has 102 valence electrons. The topological polar surface area (TPSA) is 66.4 Å². The zero-order valence-corrected chi connectivity index (χ0v) is 17.0. The second kappa shape index (κ2) is 11.8. The molecule has 0 spiro atoms. The molecule has 4 nitrogen and oxygen atoms in total.